The van der Waals surface area contributed by atoms with E-state index in [-0.39, 0.29) is 26.9 Å². The molecule has 4 rings (SSSR count). The monoisotopic (exact) mass is 522 g/mol. The van der Waals surface area contributed by atoms with E-state index in [4.69, 9.17) is 21.2 Å². The Hall–Kier alpha value is -3.83. The minimum absolute atomic E-state index is 0.139. The molecule has 0 atom stereocenters. The maximum atomic E-state index is 13.8. The van der Waals surface area contributed by atoms with Crippen LogP contribution in [0.1, 0.15) is 15.9 Å². The van der Waals surface area contributed by atoms with Gasteiger partial charge in [-0.1, -0.05) is 53.2 Å². The number of carboxylic acid groups (broad SMARTS) is 1. The molecular weight excluding hydrogens is 509 g/mol. The van der Waals surface area contributed by atoms with Crippen molar-refractivity contribution < 1.29 is 36.0 Å². The molecule has 0 saturated carbocycles. The number of hydrogen-bond donors (Lipinski definition) is 2. The van der Waals surface area contributed by atoms with Crippen LogP contribution < -0.4 is 4.72 Å². The number of hydrogen-bond acceptors (Lipinski definition) is 5. The number of alkyl halides is 3. The molecule has 4 aromatic rings. The van der Waals surface area contributed by atoms with Gasteiger partial charge in [0.15, 0.2) is 5.76 Å². The van der Waals surface area contributed by atoms with Crippen molar-refractivity contribution in [2.45, 2.75) is 11.1 Å². The fourth-order valence-corrected chi connectivity index (χ4v) is 4.65. The quantitative estimate of drug-likeness (QED) is 0.313. The van der Waals surface area contributed by atoms with Crippen molar-refractivity contribution >= 4 is 33.3 Å². The summed E-state index contributed by atoms with van der Waals surface area (Å²) >= 11 is 6.12. The zero-order chi connectivity index (χ0) is 25.4. The van der Waals surface area contributed by atoms with Gasteiger partial charge in [0.2, 0.25) is 0 Å². The lowest BCUT2D eigenvalue weighted by atomic mass is 10.0. The first-order chi connectivity index (χ1) is 16.5. The second kappa shape index (κ2) is 9.08. The van der Waals surface area contributed by atoms with Crippen molar-refractivity contribution in [2.75, 3.05) is 4.72 Å². The molecule has 0 aliphatic carbocycles. The summed E-state index contributed by atoms with van der Waals surface area (Å²) in [5, 5.41) is 12.5. The lowest BCUT2D eigenvalue weighted by Crippen LogP contribution is -2.15. The van der Waals surface area contributed by atoms with E-state index in [2.05, 4.69) is 9.88 Å². The van der Waals surface area contributed by atoms with E-state index in [9.17, 15) is 26.4 Å². The predicted molar refractivity (Wildman–Crippen MR) is 122 cm³/mol. The van der Waals surface area contributed by atoms with Gasteiger partial charge in [0.25, 0.3) is 10.0 Å². The van der Waals surface area contributed by atoms with Crippen LogP contribution in [0.3, 0.4) is 0 Å². The molecule has 0 radical (unpaired) electrons. The topological polar surface area (TPSA) is 110 Å². The van der Waals surface area contributed by atoms with Crippen LogP contribution in [-0.2, 0) is 16.2 Å². The van der Waals surface area contributed by atoms with Gasteiger partial charge in [-0.25, -0.2) is 13.2 Å². The summed E-state index contributed by atoms with van der Waals surface area (Å²) in [6.45, 7) is 0. The molecule has 0 aliphatic rings. The number of sulfonamides is 1. The zero-order valence-electron chi connectivity index (χ0n) is 17.4. The van der Waals surface area contributed by atoms with E-state index >= 15 is 0 Å². The molecular formula is C23H14ClF3N2O5S. The number of aromatic nitrogens is 1. The summed E-state index contributed by atoms with van der Waals surface area (Å²) in [7, 11) is -4.42. The SMILES string of the molecule is O=C(O)c1ccc(S(=O)(=O)Nc2c(-c3c(Cl)cccc3C(F)(F)F)noc2-c2ccccc2)cc1. The summed E-state index contributed by atoms with van der Waals surface area (Å²) in [6.07, 6.45) is -4.82. The van der Waals surface area contributed by atoms with Crippen LogP contribution in [0.15, 0.2) is 82.2 Å². The largest absolute Gasteiger partial charge is 0.478 e. The molecule has 0 spiro atoms. The van der Waals surface area contributed by atoms with E-state index in [1.165, 1.54) is 6.07 Å². The minimum atomic E-state index is -4.82. The molecule has 12 heteroatoms. The molecule has 3 aromatic carbocycles. The Labute approximate surface area is 201 Å². The van der Waals surface area contributed by atoms with Crippen LogP contribution in [-0.4, -0.2) is 24.7 Å². The van der Waals surface area contributed by atoms with Crippen molar-refractivity contribution in [3.63, 3.8) is 0 Å². The Morgan fingerprint density at radius 3 is 2.23 bits per heavy atom. The van der Waals surface area contributed by atoms with Crippen LogP contribution >= 0.6 is 11.6 Å². The molecule has 0 aliphatic heterocycles. The molecule has 1 aromatic heterocycles. The van der Waals surface area contributed by atoms with Crippen LogP contribution in [0, 0.1) is 0 Å². The highest BCUT2D eigenvalue weighted by molar-refractivity contribution is 7.92. The van der Waals surface area contributed by atoms with Crippen molar-refractivity contribution in [1.29, 1.82) is 0 Å². The number of rotatable bonds is 6. The molecule has 180 valence electrons. The lowest BCUT2D eigenvalue weighted by molar-refractivity contribution is -0.137. The third kappa shape index (κ3) is 4.86. The third-order valence-electron chi connectivity index (χ3n) is 4.93. The van der Waals surface area contributed by atoms with Gasteiger partial charge in [-0.3, -0.25) is 4.72 Å². The molecule has 0 saturated heterocycles. The molecule has 0 fully saturated rings. The Morgan fingerprint density at radius 2 is 1.63 bits per heavy atom. The molecule has 0 amide bonds. The van der Waals surface area contributed by atoms with Crippen LogP contribution in [0.25, 0.3) is 22.6 Å². The first kappa shape index (κ1) is 24.3. The fourth-order valence-electron chi connectivity index (χ4n) is 3.31. The number of aromatic carboxylic acids is 1. The summed E-state index contributed by atoms with van der Waals surface area (Å²) in [5.41, 5.74) is -2.34. The Balaban J connectivity index is 1.91. The summed E-state index contributed by atoms with van der Waals surface area (Å²) in [6, 6.07) is 15.4. The summed E-state index contributed by atoms with van der Waals surface area (Å²) < 4.78 is 75.2. The van der Waals surface area contributed by atoms with Gasteiger partial charge in [-0.15, -0.1) is 0 Å². The second-order valence-electron chi connectivity index (χ2n) is 7.20. The minimum Gasteiger partial charge on any atom is -0.478 e. The first-order valence-electron chi connectivity index (χ1n) is 9.76. The summed E-state index contributed by atoms with van der Waals surface area (Å²) in [4.78, 5) is 10.7. The molecule has 0 unspecified atom stereocenters. The average Bonchev–Trinajstić information content (AvgIpc) is 3.21. The molecule has 2 N–H and O–H groups in total. The van der Waals surface area contributed by atoms with Crippen LogP contribution in [0.5, 0.6) is 0 Å². The van der Waals surface area contributed by atoms with Crippen molar-refractivity contribution in [1.82, 2.24) is 5.16 Å². The Kier molecular flexibility index (Phi) is 6.30. The van der Waals surface area contributed by atoms with Gasteiger partial charge >= 0.3 is 12.1 Å². The molecule has 1 heterocycles. The number of nitrogens with zero attached hydrogens (tertiary/aromatic N) is 1. The van der Waals surface area contributed by atoms with Gasteiger partial charge in [0, 0.05) is 11.1 Å². The highest BCUT2D eigenvalue weighted by Crippen LogP contribution is 2.46. The average molecular weight is 523 g/mol. The molecule has 7 nitrogen and oxygen atoms in total. The predicted octanol–water partition coefficient (Wildman–Crippen LogP) is 6.18. The highest BCUT2D eigenvalue weighted by Gasteiger charge is 2.37. The number of halogens is 4. The van der Waals surface area contributed by atoms with Crippen molar-refractivity contribution in [3.8, 4) is 22.6 Å². The van der Waals surface area contributed by atoms with E-state index in [0.717, 1.165) is 36.4 Å². The number of carboxylic acids is 1. The normalized spacial score (nSPS) is 11.9. The lowest BCUT2D eigenvalue weighted by Gasteiger charge is -2.15. The van der Waals surface area contributed by atoms with E-state index in [0.29, 0.717) is 5.56 Å². The number of carbonyl (C=O) groups is 1. The molecule has 35 heavy (non-hydrogen) atoms. The summed E-state index contributed by atoms with van der Waals surface area (Å²) in [5.74, 6) is -1.40. The second-order valence-corrected chi connectivity index (χ2v) is 9.29. The molecule has 0 bridgehead atoms. The smallest absolute Gasteiger partial charge is 0.417 e. The third-order valence-corrected chi connectivity index (χ3v) is 6.61. The number of benzene rings is 3. The zero-order valence-corrected chi connectivity index (χ0v) is 18.9. The maximum Gasteiger partial charge on any atom is 0.417 e. The van der Waals surface area contributed by atoms with Crippen LogP contribution in [0.4, 0.5) is 18.9 Å². The van der Waals surface area contributed by atoms with E-state index in [1.54, 1.807) is 30.3 Å². The van der Waals surface area contributed by atoms with Gasteiger partial charge in [0.05, 0.1) is 21.0 Å². The van der Waals surface area contributed by atoms with E-state index in [1.807, 2.05) is 0 Å². The number of anilines is 1. The standard InChI is InChI=1S/C23H14ClF3N2O5S/c24-17-8-4-7-16(23(25,26)27)18(17)19-20(21(34-28-19)13-5-2-1-3-6-13)29-35(32,33)15-11-9-14(10-12-15)22(30)31/h1-12,29H,(H,30,31). The number of nitrogens with one attached hydrogen (secondary N) is 1. The highest BCUT2D eigenvalue weighted by atomic mass is 35.5. The maximum absolute atomic E-state index is 13.8. The Morgan fingerprint density at radius 1 is 0.971 bits per heavy atom. The fraction of sp³-hybridized carbons (Fsp3) is 0.0435. The van der Waals surface area contributed by atoms with Gasteiger partial charge in [0.1, 0.15) is 11.4 Å². The van der Waals surface area contributed by atoms with Gasteiger partial charge in [-0.2, -0.15) is 13.2 Å². The van der Waals surface area contributed by atoms with E-state index < -0.39 is 39.0 Å². The van der Waals surface area contributed by atoms with Gasteiger partial charge < -0.3 is 9.63 Å². The van der Waals surface area contributed by atoms with Crippen LogP contribution in [0.2, 0.25) is 5.02 Å². The van der Waals surface area contributed by atoms with Crippen molar-refractivity contribution in [3.05, 3.63) is 88.9 Å². The first-order valence-corrected chi connectivity index (χ1v) is 11.6. The Bertz CT molecular complexity index is 1500. The van der Waals surface area contributed by atoms with Crippen molar-refractivity contribution in [2.24, 2.45) is 0 Å². The van der Waals surface area contributed by atoms with Gasteiger partial charge in [-0.05, 0) is 36.4 Å².